The van der Waals surface area contributed by atoms with Crippen LogP contribution >= 0.6 is 23.2 Å². The van der Waals surface area contributed by atoms with Crippen molar-refractivity contribution in [2.75, 3.05) is 10.7 Å². The Morgan fingerprint density at radius 1 is 1.00 bits per heavy atom. The number of benzene rings is 2. The molecule has 2 N–H and O–H groups in total. The first-order valence-electron chi connectivity index (χ1n) is 7.52. The van der Waals surface area contributed by atoms with Gasteiger partial charge in [0.25, 0.3) is 0 Å². The standard InChI is InChI=1S/C18H18Cl2FN3O/c1-18(2,3)16(25)17(22-15-9-11(19)8-12(20)10-15)24-23-14-6-4-13(21)5-7-14/h4-10,23H,1-3H3,(H,22,24). The van der Waals surface area contributed by atoms with Gasteiger partial charge in [-0.05, 0) is 42.5 Å². The second kappa shape index (κ2) is 7.85. The Morgan fingerprint density at radius 2 is 1.56 bits per heavy atom. The molecule has 132 valence electrons. The molecule has 0 aliphatic heterocycles. The summed E-state index contributed by atoms with van der Waals surface area (Å²) in [6.07, 6.45) is 0. The second-order valence-electron chi connectivity index (χ2n) is 6.44. The fraction of sp³-hybridized carbons (Fsp3) is 0.222. The van der Waals surface area contributed by atoms with Crippen LogP contribution in [0.2, 0.25) is 10.0 Å². The van der Waals surface area contributed by atoms with E-state index >= 15 is 0 Å². The topological polar surface area (TPSA) is 53.5 Å². The van der Waals surface area contributed by atoms with Crippen molar-refractivity contribution in [3.05, 3.63) is 58.3 Å². The Labute approximate surface area is 156 Å². The highest BCUT2D eigenvalue weighted by molar-refractivity contribution is 6.45. The molecule has 2 rings (SSSR count). The molecule has 0 radical (unpaired) electrons. The van der Waals surface area contributed by atoms with Gasteiger partial charge in [-0.3, -0.25) is 10.2 Å². The zero-order valence-corrected chi connectivity index (χ0v) is 15.5. The van der Waals surface area contributed by atoms with E-state index in [-0.39, 0.29) is 17.4 Å². The minimum absolute atomic E-state index is 0.0927. The van der Waals surface area contributed by atoms with Crippen molar-refractivity contribution in [1.29, 1.82) is 0 Å². The van der Waals surface area contributed by atoms with E-state index in [2.05, 4.69) is 15.8 Å². The van der Waals surface area contributed by atoms with E-state index < -0.39 is 5.41 Å². The van der Waals surface area contributed by atoms with E-state index in [1.54, 1.807) is 39.0 Å². The van der Waals surface area contributed by atoms with Crippen molar-refractivity contribution < 1.29 is 9.18 Å². The van der Waals surface area contributed by atoms with E-state index in [4.69, 9.17) is 23.2 Å². The number of hydrogen-bond acceptors (Lipinski definition) is 3. The van der Waals surface area contributed by atoms with Gasteiger partial charge in [0, 0.05) is 21.1 Å². The van der Waals surface area contributed by atoms with Crippen molar-refractivity contribution in [2.45, 2.75) is 20.8 Å². The van der Waals surface area contributed by atoms with Gasteiger partial charge in [0.05, 0.1) is 5.69 Å². The van der Waals surface area contributed by atoms with Gasteiger partial charge < -0.3 is 5.32 Å². The van der Waals surface area contributed by atoms with Gasteiger partial charge >= 0.3 is 0 Å². The third kappa shape index (κ3) is 5.73. The van der Waals surface area contributed by atoms with E-state index in [1.807, 2.05) is 0 Å². The number of hydrogen-bond donors (Lipinski definition) is 2. The predicted molar refractivity (Wildman–Crippen MR) is 102 cm³/mol. The Balaban J connectivity index is 2.30. The zero-order chi connectivity index (χ0) is 18.6. The van der Waals surface area contributed by atoms with E-state index in [0.717, 1.165) is 0 Å². The van der Waals surface area contributed by atoms with Crippen molar-refractivity contribution >= 4 is 46.2 Å². The first kappa shape index (κ1) is 19.2. The number of ketones is 1. The number of rotatable bonds is 4. The lowest BCUT2D eigenvalue weighted by atomic mass is 9.90. The van der Waals surface area contributed by atoms with Gasteiger partial charge in [-0.25, -0.2) is 4.39 Å². The third-order valence-corrected chi connectivity index (χ3v) is 3.60. The van der Waals surface area contributed by atoms with E-state index in [9.17, 15) is 9.18 Å². The van der Waals surface area contributed by atoms with Crippen LogP contribution in [-0.2, 0) is 4.79 Å². The van der Waals surface area contributed by atoms with Gasteiger partial charge in [-0.1, -0.05) is 44.0 Å². The normalized spacial score (nSPS) is 12.0. The molecule has 4 nitrogen and oxygen atoms in total. The lowest BCUT2D eigenvalue weighted by molar-refractivity contribution is -0.119. The largest absolute Gasteiger partial charge is 0.336 e. The fourth-order valence-electron chi connectivity index (χ4n) is 1.90. The molecule has 0 saturated carbocycles. The summed E-state index contributed by atoms with van der Waals surface area (Å²) in [5.41, 5.74) is 3.18. The number of carbonyl (C=O) groups excluding carboxylic acids is 1. The molecule has 2 aromatic carbocycles. The highest BCUT2D eigenvalue weighted by Gasteiger charge is 2.27. The maximum absolute atomic E-state index is 13.0. The van der Waals surface area contributed by atoms with Crippen LogP contribution in [0.4, 0.5) is 15.8 Å². The predicted octanol–water partition coefficient (Wildman–Crippen LogP) is 5.59. The van der Waals surface area contributed by atoms with E-state index in [1.165, 1.54) is 24.3 Å². The van der Waals surface area contributed by atoms with E-state index in [0.29, 0.717) is 21.4 Å². The number of carbonyl (C=O) groups is 1. The zero-order valence-electron chi connectivity index (χ0n) is 14.0. The molecule has 7 heteroatoms. The monoisotopic (exact) mass is 381 g/mol. The molecule has 0 fully saturated rings. The summed E-state index contributed by atoms with van der Waals surface area (Å²) in [6.45, 7) is 5.36. The van der Waals surface area contributed by atoms with Crippen molar-refractivity contribution in [1.82, 2.24) is 0 Å². The molecule has 0 saturated heterocycles. The van der Waals surface area contributed by atoms with Crippen LogP contribution in [0.15, 0.2) is 47.6 Å². The first-order valence-corrected chi connectivity index (χ1v) is 8.28. The molecule has 25 heavy (non-hydrogen) atoms. The van der Waals surface area contributed by atoms with Crippen molar-refractivity contribution in [3.63, 3.8) is 0 Å². The van der Waals surface area contributed by atoms with Crippen LogP contribution in [0.5, 0.6) is 0 Å². The Bertz CT molecular complexity index is 779. The lowest BCUT2D eigenvalue weighted by Crippen LogP contribution is -2.34. The molecule has 0 unspecified atom stereocenters. The number of nitrogens with zero attached hydrogens (tertiary/aromatic N) is 1. The van der Waals surface area contributed by atoms with Crippen LogP contribution in [-0.4, -0.2) is 11.6 Å². The lowest BCUT2D eigenvalue weighted by Gasteiger charge is -2.19. The maximum atomic E-state index is 13.0. The van der Waals surface area contributed by atoms with Crippen molar-refractivity contribution in [3.8, 4) is 0 Å². The number of halogens is 3. The summed E-state index contributed by atoms with van der Waals surface area (Å²) in [7, 11) is 0. The van der Waals surface area contributed by atoms with Gasteiger partial charge in [0.15, 0.2) is 5.84 Å². The quantitative estimate of drug-likeness (QED) is 0.412. The summed E-state index contributed by atoms with van der Waals surface area (Å²) in [5, 5.41) is 7.95. The molecule has 0 aliphatic carbocycles. The Kier molecular flexibility index (Phi) is 6.03. The molecule has 0 aromatic heterocycles. The number of amidine groups is 1. The van der Waals surface area contributed by atoms with Crippen LogP contribution < -0.4 is 10.7 Å². The molecule has 0 amide bonds. The highest BCUT2D eigenvalue weighted by Crippen LogP contribution is 2.24. The summed E-state index contributed by atoms with van der Waals surface area (Å²) in [5.74, 6) is -0.472. The van der Waals surface area contributed by atoms with Crippen LogP contribution in [0, 0.1) is 11.2 Å². The Morgan fingerprint density at radius 3 is 2.08 bits per heavy atom. The fourth-order valence-corrected chi connectivity index (χ4v) is 2.42. The van der Waals surface area contributed by atoms with Crippen LogP contribution in [0.25, 0.3) is 0 Å². The summed E-state index contributed by atoms with van der Waals surface area (Å²) >= 11 is 12.0. The third-order valence-electron chi connectivity index (χ3n) is 3.16. The van der Waals surface area contributed by atoms with Gasteiger partial charge in [0.1, 0.15) is 5.82 Å². The highest BCUT2D eigenvalue weighted by atomic mass is 35.5. The molecule has 0 spiro atoms. The number of anilines is 2. The smallest absolute Gasteiger partial charge is 0.205 e. The number of nitrogens with one attached hydrogen (secondary N) is 2. The van der Waals surface area contributed by atoms with Crippen molar-refractivity contribution in [2.24, 2.45) is 10.5 Å². The molecule has 0 atom stereocenters. The van der Waals surface area contributed by atoms with Crippen LogP contribution in [0.1, 0.15) is 20.8 Å². The van der Waals surface area contributed by atoms with Gasteiger partial charge in [-0.15, -0.1) is 0 Å². The average molecular weight is 382 g/mol. The number of Topliss-reactive ketones (excluding diaryl/α,β-unsaturated/α-hetero) is 1. The van der Waals surface area contributed by atoms with Crippen LogP contribution in [0.3, 0.4) is 0 Å². The maximum Gasteiger partial charge on any atom is 0.205 e. The van der Waals surface area contributed by atoms with Gasteiger partial charge in [0.2, 0.25) is 5.78 Å². The minimum Gasteiger partial charge on any atom is -0.336 e. The summed E-state index contributed by atoms with van der Waals surface area (Å²) in [6, 6.07) is 10.5. The average Bonchev–Trinajstić information content (AvgIpc) is 2.50. The SMILES string of the molecule is CC(C)(C)C(=O)/C(=N\Nc1ccc(F)cc1)Nc1cc(Cl)cc(Cl)c1. The Hall–Kier alpha value is -2.11. The molecule has 0 heterocycles. The molecule has 0 bridgehead atoms. The summed E-state index contributed by atoms with van der Waals surface area (Å²) in [4.78, 5) is 12.7. The van der Waals surface area contributed by atoms with Gasteiger partial charge in [-0.2, -0.15) is 5.10 Å². The number of hydrazone groups is 1. The first-order chi connectivity index (χ1) is 11.6. The minimum atomic E-state index is -0.654. The molecule has 0 aliphatic rings. The molecule has 2 aromatic rings. The second-order valence-corrected chi connectivity index (χ2v) is 7.31. The molecular weight excluding hydrogens is 364 g/mol. The summed E-state index contributed by atoms with van der Waals surface area (Å²) < 4.78 is 13.0. The molecular formula is C18H18Cl2FN3O.